The molecule has 0 radical (unpaired) electrons. The Morgan fingerprint density at radius 2 is 2.16 bits per heavy atom. The molecule has 0 bridgehead atoms. The van der Waals surface area contributed by atoms with Crippen LogP contribution in [-0.2, 0) is 19.6 Å². The maximum Gasteiger partial charge on any atom is 0.243 e. The summed E-state index contributed by atoms with van der Waals surface area (Å²) < 4.78 is 31.7. The highest BCUT2D eigenvalue weighted by molar-refractivity contribution is 9.10. The molecule has 3 N–H and O–H groups in total. The van der Waals surface area contributed by atoms with Crippen LogP contribution in [0.2, 0.25) is 0 Å². The Kier molecular flexibility index (Phi) is 5.92. The van der Waals surface area contributed by atoms with E-state index in [1.807, 2.05) is 6.92 Å². The fraction of sp³-hybridized carbons (Fsp3) is 0.364. The molecular weight excluding hydrogens is 336 g/mol. The minimum atomic E-state index is -3.60. The third kappa shape index (κ3) is 5.27. The summed E-state index contributed by atoms with van der Waals surface area (Å²) in [7, 11) is -3.60. The van der Waals surface area contributed by atoms with Gasteiger partial charge in [-0.15, -0.1) is 0 Å². The van der Waals surface area contributed by atoms with Crippen molar-refractivity contribution in [2.24, 2.45) is 5.73 Å². The van der Waals surface area contributed by atoms with Gasteiger partial charge in [-0.25, -0.2) is 13.1 Å². The molecule has 19 heavy (non-hydrogen) atoms. The second-order valence-electron chi connectivity index (χ2n) is 3.85. The molecule has 1 aromatic carbocycles. The second kappa shape index (κ2) is 6.99. The molecular formula is C11H15BrN2O4S. The van der Waals surface area contributed by atoms with E-state index in [9.17, 15) is 13.2 Å². The van der Waals surface area contributed by atoms with E-state index in [-0.39, 0.29) is 24.7 Å². The lowest BCUT2D eigenvalue weighted by Crippen LogP contribution is -2.29. The first-order valence-corrected chi connectivity index (χ1v) is 7.72. The normalized spacial score (nSPS) is 11.5. The predicted molar refractivity (Wildman–Crippen MR) is 74.1 cm³/mol. The number of halogens is 1. The third-order valence-electron chi connectivity index (χ3n) is 2.16. The molecule has 0 aliphatic heterocycles. The van der Waals surface area contributed by atoms with E-state index in [0.717, 1.165) is 5.56 Å². The molecule has 0 spiro atoms. The van der Waals surface area contributed by atoms with E-state index < -0.39 is 15.9 Å². The molecule has 8 heteroatoms. The Hall–Kier alpha value is -0.960. The van der Waals surface area contributed by atoms with Crippen LogP contribution < -0.4 is 10.5 Å². The number of rotatable bonds is 7. The maximum absolute atomic E-state index is 12.0. The predicted octanol–water partition coefficient (Wildman–Crippen LogP) is 0.538. The molecule has 6 nitrogen and oxygen atoms in total. The molecule has 1 rings (SSSR count). The van der Waals surface area contributed by atoms with Crippen LogP contribution in [0.5, 0.6) is 0 Å². The molecule has 106 valence electrons. The second-order valence-corrected chi connectivity index (χ2v) is 6.44. The van der Waals surface area contributed by atoms with Gasteiger partial charge in [-0.3, -0.25) is 4.79 Å². The van der Waals surface area contributed by atoms with Gasteiger partial charge in [-0.05, 0) is 40.5 Å². The Balaban J connectivity index is 2.59. The summed E-state index contributed by atoms with van der Waals surface area (Å²) >= 11 is 3.21. The Morgan fingerprint density at radius 3 is 2.74 bits per heavy atom. The number of hydrogen-bond acceptors (Lipinski definition) is 4. The zero-order valence-corrected chi connectivity index (χ0v) is 12.8. The van der Waals surface area contributed by atoms with Crippen molar-refractivity contribution in [2.45, 2.75) is 11.8 Å². The number of nitrogens with two attached hydrogens (primary N) is 1. The summed E-state index contributed by atoms with van der Waals surface area (Å²) in [4.78, 5) is 10.6. The largest absolute Gasteiger partial charge is 0.370 e. The third-order valence-corrected chi connectivity index (χ3v) is 4.60. The van der Waals surface area contributed by atoms with Gasteiger partial charge in [-0.2, -0.15) is 0 Å². The van der Waals surface area contributed by atoms with Gasteiger partial charge < -0.3 is 10.5 Å². The lowest BCUT2D eigenvalue weighted by molar-refractivity contribution is -0.122. The lowest BCUT2D eigenvalue weighted by atomic mass is 10.2. The molecule has 0 heterocycles. The number of benzene rings is 1. The van der Waals surface area contributed by atoms with Crippen molar-refractivity contribution in [3.05, 3.63) is 28.2 Å². The van der Waals surface area contributed by atoms with Crippen molar-refractivity contribution in [1.29, 1.82) is 0 Å². The van der Waals surface area contributed by atoms with E-state index in [1.54, 1.807) is 12.1 Å². The molecule has 0 saturated carbocycles. The van der Waals surface area contributed by atoms with E-state index in [2.05, 4.69) is 20.7 Å². The number of amides is 1. The minimum Gasteiger partial charge on any atom is -0.370 e. The van der Waals surface area contributed by atoms with Gasteiger partial charge in [0.05, 0.1) is 11.5 Å². The van der Waals surface area contributed by atoms with Crippen molar-refractivity contribution in [2.75, 3.05) is 19.8 Å². The number of sulfonamides is 1. The van der Waals surface area contributed by atoms with Crippen LogP contribution in [0.1, 0.15) is 5.56 Å². The van der Waals surface area contributed by atoms with Crippen molar-refractivity contribution in [3.63, 3.8) is 0 Å². The summed E-state index contributed by atoms with van der Waals surface area (Å²) in [5, 5.41) is 0. The Morgan fingerprint density at radius 1 is 1.47 bits per heavy atom. The summed E-state index contributed by atoms with van der Waals surface area (Å²) in [6.45, 7) is 1.78. The fourth-order valence-electron chi connectivity index (χ4n) is 1.32. The molecule has 0 aliphatic rings. The van der Waals surface area contributed by atoms with Crippen molar-refractivity contribution < 1.29 is 17.9 Å². The highest BCUT2D eigenvalue weighted by Crippen LogP contribution is 2.22. The fourth-order valence-corrected chi connectivity index (χ4v) is 3.53. The molecule has 1 amide bonds. The van der Waals surface area contributed by atoms with Gasteiger partial charge in [0.1, 0.15) is 6.61 Å². The van der Waals surface area contributed by atoms with Gasteiger partial charge in [0.25, 0.3) is 0 Å². The zero-order chi connectivity index (χ0) is 14.5. The molecule has 0 saturated heterocycles. The summed E-state index contributed by atoms with van der Waals surface area (Å²) in [6, 6.07) is 4.95. The number of carbonyl (C=O) groups is 1. The molecule has 1 aromatic rings. The average molecular weight is 351 g/mol. The molecule has 0 atom stereocenters. The first-order valence-electron chi connectivity index (χ1n) is 5.45. The van der Waals surface area contributed by atoms with Gasteiger partial charge >= 0.3 is 0 Å². The highest BCUT2D eigenvalue weighted by Gasteiger charge is 2.16. The number of hydrogen-bond donors (Lipinski definition) is 2. The minimum absolute atomic E-state index is 0.0654. The van der Waals surface area contributed by atoms with Crippen LogP contribution in [0.15, 0.2) is 27.6 Å². The molecule has 0 unspecified atom stereocenters. The summed E-state index contributed by atoms with van der Waals surface area (Å²) in [5.74, 6) is -0.593. The number of nitrogens with one attached hydrogen (secondary N) is 1. The standard InChI is InChI=1S/C11H15BrN2O4S/c1-8-2-3-10(9(12)6-8)19(16,17)14-4-5-18-7-11(13)15/h2-3,6,14H,4-5,7H2,1H3,(H2,13,15). The molecule has 0 aromatic heterocycles. The van der Waals surface area contributed by atoms with Gasteiger partial charge in [0.15, 0.2) is 0 Å². The van der Waals surface area contributed by atoms with Crippen LogP contribution in [0.4, 0.5) is 0 Å². The van der Waals surface area contributed by atoms with Crippen molar-refractivity contribution in [3.8, 4) is 0 Å². The quantitative estimate of drug-likeness (QED) is 0.701. The Bertz CT molecular complexity index is 560. The monoisotopic (exact) mass is 350 g/mol. The smallest absolute Gasteiger partial charge is 0.243 e. The number of carbonyl (C=O) groups excluding carboxylic acids is 1. The highest BCUT2D eigenvalue weighted by atomic mass is 79.9. The van der Waals surface area contributed by atoms with E-state index >= 15 is 0 Å². The first-order chi connectivity index (χ1) is 8.83. The van der Waals surface area contributed by atoms with Crippen LogP contribution in [0.3, 0.4) is 0 Å². The SMILES string of the molecule is Cc1ccc(S(=O)(=O)NCCOCC(N)=O)c(Br)c1. The lowest BCUT2D eigenvalue weighted by Gasteiger charge is -2.09. The number of aryl methyl sites for hydroxylation is 1. The van der Waals surface area contributed by atoms with E-state index in [1.165, 1.54) is 6.07 Å². The Labute approximate surface area is 120 Å². The van der Waals surface area contributed by atoms with Gasteiger partial charge in [0, 0.05) is 11.0 Å². The topological polar surface area (TPSA) is 98.5 Å². The van der Waals surface area contributed by atoms with Crippen LogP contribution in [0, 0.1) is 6.92 Å². The maximum atomic E-state index is 12.0. The van der Waals surface area contributed by atoms with Crippen molar-refractivity contribution in [1.82, 2.24) is 4.72 Å². The average Bonchev–Trinajstić information content (AvgIpc) is 2.27. The van der Waals surface area contributed by atoms with Crippen LogP contribution >= 0.6 is 15.9 Å². The van der Waals surface area contributed by atoms with Crippen LogP contribution in [-0.4, -0.2) is 34.1 Å². The van der Waals surface area contributed by atoms with Gasteiger partial charge in [0.2, 0.25) is 15.9 Å². The molecule has 0 aliphatic carbocycles. The van der Waals surface area contributed by atoms with Gasteiger partial charge in [-0.1, -0.05) is 6.07 Å². The van der Waals surface area contributed by atoms with Crippen molar-refractivity contribution >= 4 is 31.9 Å². The summed E-state index contributed by atoms with van der Waals surface area (Å²) in [5.41, 5.74) is 5.83. The number of primary amides is 1. The van der Waals surface area contributed by atoms with E-state index in [4.69, 9.17) is 10.5 Å². The van der Waals surface area contributed by atoms with Crippen LogP contribution in [0.25, 0.3) is 0 Å². The summed E-state index contributed by atoms with van der Waals surface area (Å²) in [6.07, 6.45) is 0. The van der Waals surface area contributed by atoms with E-state index in [0.29, 0.717) is 4.47 Å². The number of ether oxygens (including phenoxy) is 1. The first kappa shape index (κ1) is 16.1. The molecule has 0 fully saturated rings. The zero-order valence-electron chi connectivity index (χ0n) is 10.3.